The highest BCUT2D eigenvalue weighted by Gasteiger charge is 2.64. The first-order chi connectivity index (χ1) is 15.6. The van der Waals surface area contributed by atoms with Crippen LogP contribution >= 0.6 is 20.7 Å². The molecule has 4 aliphatic carbocycles. The number of esters is 2. The molecule has 5 fully saturated rings. The lowest BCUT2D eigenvalue weighted by Gasteiger charge is -2.59. The molecule has 2 aromatic rings. The van der Waals surface area contributed by atoms with E-state index in [1.54, 1.807) is 0 Å². The van der Waals surface area contributed by atoms with Crippen molar-refractivity contribution in [2.24, 2.45) is 23.7 Å². The van der Waals surface area contributed by atoms with Crippen LogP contribution in [-0.2, 0) is 25.7 Å². The van der Waals surface area contributed by atoms with Crippen LogP contribution < -0.4 is 4.74 Å². The second-order valence-electron chi connectivity index (χ2n) is 9.42. The Kier molecular flexibility index (Phi) is 5.08. The molecule has 0 amide bonds. The van der Waals surface area contributed by atoms with Crippen molar-refractivity contribution in [3.8, 4) is 5.75 Å². The number of ether oxygens (including phenoxy) is 3. The number of hydrogen-bond acceptors (Lipinski definition) is 5. The van der Waals surface area contributed by atoms with Gasteiger partial charge in [0.25, 0.3) is 5.79 Å². The largest absolute Gasteiger partial charge is 0.488 e. The third kappa shape index (κ3) is 3.47. The molecular formula is C26H25IO5. The maximum atomic E-state index is 13.1. The van der Waals surface area contributed by atoms with Gasteiger partial charge in [-0.1, -0.05) is 63.2 Å². The van der Waals surface area contributed by atoms with Gasteiger partial charge >= 0.3 is 11.9 Å². The minimum Gasteiger partial charge on any atom is -0.488 e. The van der Waals surface area contributed by atoms with E-state index < -0.39 is 38.5 Å². The number of halogens is 1. The van der Waals surface area contributed by atoms with Gasteiger partial charge in [-0.05, 0) is 61.6 Å². The van der Waals surface area contributed by atoms with Gasteiger partial charge in [-0.3, -0.25) is 0 Å². The molecule has 7 rings (SSSR count). The van der Waals surface area contributed by atoms with Crippen molar-refractivity contribution in [1.29, 1.82) is 0 Å². The lowest BCUT2D eigenvalue weighted by atomic mass is 9.53. The Labute approximate surface area is 197 Å². The molecule has 2 aromatic carbocycles. The third-order valence-electron chi connectivity index (χ3n) is 7.41. The summed E-state index contributed by atoms with van der Waals surface area (Å²) in [5.41, 5.74) is 1.06. The highest BCUT2D eigenvalue weighted by molar-refractivity contribution is 14.2. The zero-order valence-electron chi connectivity index (χ0n) is 17.7. The van der Waals surface area contributed by atoms with Gasteiger partial charge in [0, 0.05) is 11.8 Å². The maximum absolute atomic E-state index is 13.1. The molecule has 4 saturated carbocycles. The fourth-order valence-corrected chi connectivity index (χ4v) is 8.44. The topological polar surface area (TPSA) is 61.8 Å². The Morgan fingerprint density at radius 1 is 0.812 bits per heavy atom. The van der Waals surface area contributed by atoms with Crippen molar-refractivity contribution in [3.63, 3.8) is 0 Å². The summed E-state index contributed by atoms with van der Waals surface area (Å²) in [7, 11) is 0. The minimum atomic E-state index is -1.09. The molecule has 6 heteroatoms. The summed E-state index contributed by atoms with van der Waals surface area (Å²) in [5, 5.41) is 0. The van der Waals surface area contributed by atoms with Gasteiger partial charge in [0.05, 0.1) is 3.57 Å². The number of rotatable bonds is 4. The molecule has 0 aromatic heterocycles. The fourth-order valence-electron chi connectivity index (χ4n) is 6.21. The van der Waals surface area contributed by atoms with Crippen molar-refractivity contribution >= 4 is 36.2 Å². The van der Waals surface area contributed by atoms with E-state index in [1.807, 2.05) is 54.6 Å². The summed E-state index contributed by atoms with van der Waals surface area (Å²) in [5.74, 6) is 0.462. The van der Waals surface area contributed by atoms with E-state index in [0.717, 1.165) is 34.8 Å². The number of hydrogen-bond donors (Lipinski definition) is 0. The lowest BCUT2D eigenvalue weighted by Crippen LogP contribution is -2.65. The van der Waals surface area contributed by atoms with Gasteiger partial charge in [-0.2, -0.15) is 0 Å². The van der Waals surface area contributed by atoms with Crippen molar-refractivity contribution in [2.45, 2.75) is 44.5 Å². The van der Waals surface area contributed by atoms with E-state index in [9.17, 15) is 9.59 Å². The van der Waals surface area contributed by atoms with E-state index in [0.29, 0.717) is 24.2 Å². The van der Waals surface area contributed by atoms with E-state index in [-0.39, 0.29) is 15.3 Å². The quantitative estimate of drug-likeness (QED) is 0.408. The fraction of sp³-hybridized carbons (Fsp3) is 0.423. The SMILES string of the molecule is O=C1OC2(OC(=O)C1=Ic1ccccc1OCc1ccccc1)C1CC3CC(C1)CC2C3. The second kappa shape index (κ2) is 7.97. The summed E-state index contributed by atoms with van der Waals surface area (Å²) in [6, 6.07) is 17.5. The molecule has 32 heavy (non-hydrogen) atoms. The number of carbonyl (C=O) groups is 2. The Hall–Kier alpha value is -2.22. The van der Waals surface area contributed by atoms with Gasteiger partial charge in [-0.15, -0.1) is 0 Å². The van der Waals surface area contributed by atoms with Crippen LogP contribution in [0.2, 0.25) is 0 Å². The Balaban J connectivity index is 1.24. The molecule has 4 bridgehead atoms. The zero-order chi connectivity index (χ0) is 21.7. The molecule has 0 unspecified atom stereocenters. The van der Waals surface area contributed by atoms with Crippen LogP contribution in [0.4, 0.5) is 0 Å². The smallest absolute Gasteiger partial charge is 0.354 e. The van der Waals surface area contributed by atoms with Crippen molar-refractivity contribution in [3.05, 3.63) is 63.7 Å². The van der Waals surface area contributed by atoms with E-state index in [2.05, 4.69) is 0 Å². The highest BCUT2D eigenvalue weighted by Crippen LogP contribution is 2.60. The second-order valence-corrected chi connectivity index (χ2v) is 12.2. The minimum absolute atomic E-state index is 0.160. The summed E-state index contributed by atoms with van der Waals surface area (Å²) in [4.78, 5) is 26.2. The normalized spacial score (nSPS) is 32.7. The third-order valence-corrected chi connectivity index (χ3v) is 10.3. The van der Waals surface area contributed by atoms with Crippen molar-refractivity contribution in [1.82, 2.24) is 0 Å². The molecular weight excluding hydrogens is 519 g/mol. The average molecular weight is 544 g/mol. The highest BCUT2D eigenvalue weighted by atomic mass is 127. The van der Waals surface area contributed by atoms with E-state index >= 15 is 0 Å². The molecule has 1 heterocycles. The Morgan fingerprint density at radius 3 is 2.06 bits per heavy atom. The molecule has 1 saturated heterocycles. The standard InChI is InChI=1S/C26H25IO5/c28-24-23(27-21-8-4-5-9-22(21)30-15-16-6-2-1-3-7-16)25(29)32-26(31-24)19-11-17-10-18(13-19)14-20(26)12-17/h1-9,17-20H,10-15H2. The predicted molar refractivity (Wildman–Crippen MR) is 127 cm³/mol. The monoisotopic (exact) mass is 544 g/mol. The maximum Gasteiger partial charge on any atom is 0.354 e. The number of para-hydroxylation sites is 1. The molecule has 5 nitrogen and oxygen atoms in total. The molecule has 0 N–H and O–H groups in total. The van der Waals surface area contributed by atoms with Gasteiger partial charge in [-0.25, -0.2) is 9.59 Å². The molecule has 1 spiro atoms. The lowest BCUT2D eigenvalue weighted by molar-refractivity contribution is -0.308. The summed E-state index contributed by atoms with van der Waals surface area (Å²) in [6.45, 7) is 0.431. The summed E-state index contributed by atoms with van der Waals surface area (Å²) >= 11 is -1.09. The van der Waals surface area contributed by atoms with Gasteiger partial charge in [0.2, 0.25) is 0 Å². The van der Waals surface area contributed by atoms with Crippen LogP contribution in [-0.4, -0.2) is 21.2 Å². The molecule has 0 atom stereocenters. The van der Waals surface area contributed by atoms with E-state index in [1.165, 1.54) is 6.42 Å². The predicted octanol–water partition coefficient (Wildman–Crippen LogP) is 4.83. The molecule has 166 valence electrons. The first-order valence-electron chi connectivity index (χ1n) is 11.3. The first kappa shape index (κ1) is 20.4. The van der Waals surface area contributed by atoms with Gasteiger partial charge in [0.15, 0.2) is 3.51 Å². The molecule has 5 aliphatic rings. The van der Waals surface area contributed by atoms with Crippen molar-refractivity contribution < 1.29 is 23.8 Å². The number of carbonyl (C=O) groups excluding carboxylic acids is 2. The van der Waals surface area contributed by atoms with Crippen molar-refractivity contribution in [2.75, 3.05) is 0 Å². The first-order valence-corrected chi connectivity index (χ1v) is 13.5. The van der Waals surface area contributed by atoms with Gasteiger partial charge < -0.3 is 14.2 Å². The van der Waals surface area contributed by atoms with Crippen LogP contribution in [0.1, 0.15) is 37.7 Å². The average Bonchev–Trinajstić information content (AvgIpc) is 2.79. The van der Waals surface area contributed by atoms with Crippen LogP contribution in [0.25, 0.3) is 0 Å². The van der Waals surface area contributed by atoms with Crippen LogP contribution in [0.15, 0.2) is 54.6 Å². The van der Waals surface area contributed by atoms with E-state index in [4.69, 9.17) is 14.2 Å². The summed E-state index contributed by atoms with van der Waals surface area (Å²) < 4.78 is 19.2. The Morgan fingerprint density at radius 2 is 1.41 bits per heavy atom. The number of benzene rings is 2. The van der Waals surface area contributed by atoms with Crippen LogP contribution in [0.5, 0.6) is 5.75 Å². The van der Waals surface area contributed by atoms with Crippen LogP contribution in [0.3, 0.4) is 0 Å². The molecule has 0 radical (unpaired) electrons. The van der Waals surface area contributed by atoms with Crippen LogP contribution in [0, 0.1) is 27.2 Å². The molecule has 1 aliphatic heterocycles. The van der Waals surface area contributed by atoms with Gasteiger partial charge in [0.1, 0.15) is 12.4 Å². The zero-order valence-corrected chi connectivity index (χ0v) is 19.8. The summed E-state index contributed by atoms with van der Waals surface area (Å²) in [6.07, 6.45) is 5.32. The Bertz CT molecular complexity index is 1040.